The van der Waals surface area contributed by atoms with Crippen LogP contribution in [-0.4, -0.2) is 41.3 Å². The molecule has 1 N–H and O–H groups in total. The lowest BCUT2D eigenvalue weighted by Crippen LogP contribution is -2.44. The molecule has 1 aromatic heterocycles. The molecule has 26 heavy (non-hydrogen) atoms. The Kier molecular flexibility index (Phi) is 5.35. The van der Waals surface area contributed by atoms with E-state index in [1.165, 1.54) is 10.9 Å². The number of hydrogen-bond acceptors (Lipinski definition) is 3. The van der Waals surface area contributed by atoms with Crippen LogP contribution >= 0.6 is 15.9 Å². The molecule has 1 saturated heterocycles. The fraction of sp³-hybridized carbons (Fsp3) is 0.550. The van der Waals surface area contributed by atoms with Gasteiger partial charge in [0.25, 0.3) is 0 Å². The molecule has 1 atom stereocenters. The Morgan fingerprint density at radius 1 is 1.38 bits per heavy atom. The standard InChI is InChI=1S/C20H27BrN2O3/c1-12(2)17-14-10-13(6-7-15(14)22-18(17)21)16-11-23(8-9-25-16)19(24)26-20(3,4)5/h6-7,10,12,16,22H,8-9,11H2,1-5H3. The summed E-state index contributed by atoms with van der Waals surface area (Å²) in [6.07, 6.45) is -0.423. The Morgan fingerprint density at radius 3 is 2.77 bits per heavy atom. The lowest BCUT2D eigenvalue weighted by atomic mass is 9.99. The van der Waals surface area contributed by atoms with Gasteiger partial charge in [-0.15, -0.1) is 0 Å². The minimum atomic E-state index is -0.493. The summed E-state index contributed by atoms with van der Waals surface area (Å²) >= 11 is 3.63. The molecule has 0 aliphatic carbocycles. The predicted octanol–water partition coefficient (Wildman–Crippen LogP) is 5.36. The molecule has 1 amide bonds. The lowest BCUT2D eigenvalue weighted by Gasteiger charge is -2.34. The molecule has 1 aliphatic rings. The topological polar surface area (TPSA) is 54.6 Å². The highest BCUT2D eigenvalue weighted by atomic mass is 79.9. The average molecular weight is 423 g/mol. The number of carbonyl (C=O) groups is 1. The van der Waals surface area contributed by atoms with Crippen LogP contribution in [0.4, 0.5) is 4.79 Å². The van der Waals surface area contributed by atoms with Crippen molar-refractivity contribution in [2.45, 2.75) is 52.2 Å². The summed E-state index contributed by atoms with van der Waals surface area (Å²) in [5.41, 5.74) is 2.96. The molecule has 5 nitrogen and oxygen atoms in total. The van der Waals surface area contributed by atoms with Crippen LogP contribution in [0.5, 0.6) is 0 Å². The third kappa shape index (κ3) is 4.07. The van der Waals surface area contributed by atoms with E-state index in [1.54, 1.807) is 4.90 Å². The van der Waals surface area contributed by atoms with Crippen LogP contribution in [0, 0.1) is 0 Å². The maximum atomic E-state index is 12.4. The van der Waals surface area contributed by atoms with Gasteiger partial charge in [0, 0.05) is 17.4 Å². The highest BCUT2D eigenvalue weighted by Crippen LogP contribution is 2.35. The number of H-pyrrole nitrogens is 1. The largest absolute Gasteiger partial charge is 0.444 e. The van der Waals surface area contributed by atoms with Gasteiger partial charge in [-0.2, -0.15) is 0 Å². The molecular weight excluding hydrogens is 396 g/mol. The van der Waals surface area contributed by atoms with Crippen molar-refractivity contribution in [3.63, 3.8) is 0 Å². The molecular formula is C20H27BrN2O3. The Balaban J connectivity index is 1.84. The zero-order valence-electron chi connectivity index (χ0n) is 16.1. The first-order chi connectivity index (χ1) is 12.2. The monoisotopic (exact) mass is 422 g/mol. The molecule has 0 saturated carbocycles. The summed E-state index contributed by atoms with van der Waals surface area (Å²) in [5.74, 6) is 0.402. The van der Waals surface area contributed by atoms with Crippen molar-refractivity contribution in [2.24, 2.45) is 0 Å². The number of amides is 1. The van der Waals surface area contributed by atoms with E-state index in [2.05, 4.69) is 53.0 Å². The van der Waals surface area contributed by atoms with E-state index in [4.69, 9.17) is 9.47 Å². The van der Waals surface area contributed by atoms with Gasteiger partial charge < -0.3 is 19.4 Å². The van der Waals surface area contributed by atoms with Crippen LogP contribution < -0.4 is 0 Å². The summed E-state index contributed by atoms with van der Waals surface area (Å²) < 4.78 is 12.5. The van der Waals surface area contributed by atoms with Gasteiger partial charge in [0.15, 0.2) is 0 Å². The molecule has 1 aromatic carbocycles. The smallest absolute Gasteiger partial charge is 0.410 e. The van der Waals surface area contributed by atoms with Gasteiger partial charge in [-0.05, 0) is 65.9 Å². The molecule has 2 aromatic rings. The Labute approximate surface area is 163 Å². The summed E-state index contributed by atoms with van der Waals surface area (Å²) in [6.45, 7) is 11.6. The van der Waals surface area contributed by atoms with Crippen molar-refractivity contribution in [1.82, 2.24) is 9.88 Å². The fourth-order valence-electron chi connectivity index (χ4n) is 3.31. The fourth-order valence-corrected chi connectivity index (χ4v) is 4.19. The Hall–Kier alpha value is -1.53. The number of aromatic nitrogens is 1. The number of morpholine rings is 1. The number of benzene rings is 1. The summed E-state index contributed by atoms with van der Waals surface area (Å²) in [5, 5.41) is 1.20. The van der Waals surface area contributed by atoms with E-state index in [9.17, 15) is 4.79 Å². The molecule has 3 rings (SSSR count). The molecule has 0 radical (unpaired) electrons. The number of rotatable bonds is 2. The maximum absolute atomic E-state index is 12.4. The minimum absolute atomic E-state index is 0.144. The first-order valence-electron chi connectivity index (χ1n) is 9.06. The zero-order valence-corrected chi connectivity index (χ0v) is 17.6. The number of ether oxygens (including phenoxy) is 2. The number of fused-ring (bicyclic) bond motifs is 1. The second kappa shape index (κ2) is 7.24. The molecule has 0 spiro atoms. The van der Waals surface area contributed by atoms with Crippen molar-refractivity contribution in [1.29, 1.82) is 0 Å². The molecule has 1 unspecified atom stereocenters. The molecule has 0 bridgehead atoms. The van der Waals surface area contributed by atoms with Crippen LogP contribution in [0.2, 0.25) is 0 Å². The Bertz CT molecular complexity index is 807. The van der Waals surface area contributed by atoms with Crippen molar-refractivity contribution in [3.8, 4) is 0 Å². The SMILES string of the molecule is CC(C)c1c(Br)[nH]c2ccc(C3CN(C(=O)OC(C)(C)C)CCO3)cc12. The van der Waals surface area contributed by atoms with Gasteiger partial charge >= 0.3 is 6.09 Å². The quantitative estimate of drug-likeness (QED) is 0.708. The average Bonchev–Trinajstić information content (AvgIpc) is 2.88. The third-order valence-electron chi connectivity index (χ3n) is 4.48. The van der Waals surface area contributed by atoms with E-state index in [0.717, 1.165) is 15.7 Å². The molecule has 1 aliphatic heterocycles. The van der Waals surface area contributed by atoms with Crippen molar-refractivity contribution in [2.75, 3.05) is 19.7 Å². The van der Waals surface area contributed by atoms with E-state index >= 15 is 0 Å². The first-order valence-corrected chi connectivity index (χ1v) is 9.85. The van der Waals surface area contributed by atoms with Gasteiger partial charge in [-0.3, -0.25) is 0 Å². The number of aromatic amines is 1. The van der Waals surface area contributed by atoms with Crippen LogP contribution in [0.3, 0.4) is 0 Å². The highest BCUT2D eigenvalue weighted by Gasteiger charge is 2.29. The van der Waals surface area contributed by atoms with Gasteiger partial charge in [-0.1, -0.05) is 19.9 Å². The van der Waals surface area contributed by atoms with E-state index in [-0.39, 0.29) is 12.2 Å². The highest BCUT2D eigenvalue weighted by molar-refractivity contribution is 9.10. The normalized spacial score (nSPS) is 18.6. The summed E-state index contributed by atoms with van der Waals surface area (Å²) in [7, 11) is 0. The van der Waals surface area contributed by atoms with Crippen molar-refractivity contribution < 1.29 is 14.3 Å². The van der Waals surface area contributed by atoms with Gasteiger partial charge in [0.1, 0.15) is 11.7 Å². The Morgan fingerprint density at radius 2 is 2.12 bits per heavy atom. The van der Waals surface area contributed by atoms with E-state index < -0.39 is 5.60 Å². The van der Waals surface area contributed by atoms with Crippen LogP contribution in [-0.2, 0) is 9.47 Å². The molecule has 142 valence electrons. The van der Waals surface area contributed by atoms with Crippen LogP contribution in [0.1, 0.15) is 57.8 Å². The number of nitrogens with zero attached hydrogens (tertiary/aromatic N) is 1. The van der Waals surface area contributed by atoms with Crippen LogP contribution in [0.25, 0.3) is 10.9 Å². The molecule has 6 heteroatoms. The van der Waals surface area contributed by atoms with Crippen LogP contribution in [0.15, 0.2) is 22.8 Å². The summed E-state index contributed by atoms with van der Waals surface area (Å²) in [6, 6.07) is 6.32. The first kappa shape index (κ1) is 19.2. The zero-order chi connectivity index (χ0) is 19.1. The van der Waals surface area contributed by atoms with Gasteiger partial charge in [0.2, 0.25) is 0 Å². The number of halogens is 1. The molecule has 1 fully saturated rings. The van der Waals surface area contributed by atoms with Crippen molar-refractivity contribution >= 4 is 32.9 Å². The van der Waals surface area contributed by atoms with Crippen molar-refractivity contribution in [3.05, 3.63) is 33.9 Å². The lowest BCUT2D eigenvalue weighted by molar-refractivity contribution is -0.0432. The second-order valence-corrected chi connectivity index (χ2v) is 8.89. The predicted molar refractivity (Wildman–Crippen MR) is 107 cm³/mol. The number of carbonyl (C=O) groups excluding carboxylic acids is 1. The maximum Gasteiger partial charge on any atom is 0.410 e. The van der Waals surface area contributed by atoms with E-state index in [1.807, 2.05) is 20.8 Å². The minimum Gasteiger partial charge on any atom is -0.444 e. The molecule has 2 heterocycles. The summed E-state index contributed by atoms with van der Waals surface area (Å²) in [4.78, 5) is 17.5. The van der Waals surface area contributed by atoms with Gasteiger partial charge in [0.05, 0.1) is 17.8 Å². The van der Waals surface area contributed by atoms with Gasteiger partial charge in [-0.25, -0.2) is 4.79 Å². The third-order valence-corrected chi connectivity index (χ3v) is 5.11. The second-order valence-electron chi connectivity index (χ2n) is 8.10. The number of hydrogen-bond donors (Lipinski definition) is 1. The van der Waals surface area contributed by atoms with E-state index in [0.29, 0.717) is 25.6 Å². The number of nitrogens with one attached hydrogen (secondary N) is 1.